The Morgan fingerprint density at radius 3 is 2.38 bits per heavy atom. The van der Waals surface area contributed by atoms with Crippen molar-refractivity contribution < 1.29 is 14.6 Å². The molecule has 1 heterocycles. The summed E-state index contributed by atoms with van der Waals surface area (Å²) in [4.78, 5) is 15.3. The maximum atomic E-state index is 10.9. The molecule has 0 atom stereocenters. The predicted octanol–water partition coefficient (Wildman–Crippen LogP) is 3.10. The fourth-order valence-electron chi connectivity index (χ4n) is 2.38. The third-order valence-corrected chi connectivity index (χ3v) is 4.77. The molecule has 4 nitrogen and oxygen atoms in total. The van der Waals surface area contributed by atoms with Gasteiger partial charge in [-0.05, 0) is 30.2 Å². The summed E-state index contributed by atoms with van der Waals surface area (Å²) >= 11 is 1.15. The zero-order valence-electron chi connectivity index (χ0n) is 13.2. The van der Waals surface area contributed by atoms with E-state index >= 15 is 0 Å². The quantitative estimate of drug-likeness (QED) is 0.693. The molecule has 0 unspecified atom stereocenters. The molecule has 0 spiro atoms. The molecule has 0 aliphatic heterocycles. The second-order valence-corrected chi connectivity index (χ2v) is 6.38. The summed E-state index contributed by atoms with van der Waals surface area (Å²) in [5.41, 5.74) is 2.80. The molecule has 0 radical (unpaired) electrons. The summed E-state index contributed by atoms with van der Waals surface area (Å²) in [6, 6.07) is 18.1. The number of benzene rings is 2. The molecular weight excluding hydrogens is 322 g/mol. The second kappa shape index (κ2) is 7.27. The summed E-state index contributed by atoms with van der Waals surface area (Å²) in [6.45, 7) is 2.12. The van der Waals surface area contributed by atoms with Crippen LogP contribution in [0.1, 0.15) is 20.4 Å². The molecule has 122 valence electrons. The van der Waals surface area contributed by atoms with Gasteiger partial charge < -0.3 is 14.6 Å². The third-order valence-electron chi connectivity index (χ3n) is 3.57. The minimum absolute atomic E-state index is 0.192. The largest absolute Gasteiger partial charge is 0.544 e. The SMILES string of the molecule is Cc1nc(CCOc2ccc(-c3ccccc3)cc2)sc1C(=O)[O-]. The molecule has 0 amide bonds. The van der Waals surface area contributed by atoms with Crippen molar-refractivity contribution >= 4 is 17.3 Å². The summed E-state index contributed by atoms with van der Waals surface area (Å²) in [7, 11) is 0. The van der Waals surface area contributed by atoms with Crippen molar-refractivity contribution in [3.8, 4) is 16.9 Å². The molecular formula is C19H16NO3S-. The Kier molecular flexibility index (Phi) is 4.91. The molecule has 0 saturated heterocycles. The van der Waals surface area contributed by atoms with E-state index in [0.29, 0.717) is 18.7 Å². The molecule has 0 N–H and O–H groups in total. The first-order valence-corrected chi connectivity index (χ1v) is 8.41. The first-order chi connectivity index (χ1) is 11.6. The first kappa shape index (κ1) is 16.2. The topological polar surface area (TPSA) is 62.2 Å². The van der Waals surface area contributed by atoms with Crippen LogP contribution in [0.15, 0.2) is 54.6 Å². The van der Waals surface area contributed by atoms with E-state index in [0.717, 1.165) is 33.2 Å². The van der Waals surface area contributed by atoms with Crippen LogP contribution in [0.3, 0.4) is 0 Å². The number of carboxylic acids is 1. The van der Waals surface area contributed by atoms with Gasteiger partial charge in [0.25, 0.3) is 0 Å². The maximum absolute atomic E-state index is 10.9. The van der Waals surface area contributed by atoms with Gasteiger partial charge >= 0.3 is 0 Å². The fraction of sp³-hybridized carbons (Fsp3) is 0.158. The van der Waals surface area contributed by atoms with Crippen LogP contribution in [0, 0.1) is 6.92 Å². The van der Waals surface area contributed by atoms with Crippen molar-refractivity contribution in [2.75, 3.05) is 6.61 Å². The average Bonchev–Trinajstić information content (AvgIpc) is 2.97. The van der Waals surface area contributed by atoms with Gasteiger partial charge in [0.1, 0.15) is 5.75 Å². The Bertz CT molecular complexity index is 826. The standard InChI is InChI=1S/C19H17NO3S/c1-13-18(19(21)22)24-17(20-13)11-12-23-16-9-7-15(8-10-16)14-5-3-2-4-6-14/h2-10H,11-12H2,1H3,(H,21,22)/p-1. The Balaban J connectivity index is 1.57. The van der Waals surface area contributed by atoms with Crippen molar-refractivity contribution in [2.45, 2.75) is 13.3 Å². The van der Waals surface area contributed by atoms with E-state index < -0.39 is 5.97 Å². The third kappa shape index (κ3) is 3.81. The lowest BCUT2D eigenvalue weighted by Crippen LogP contribution is -2.21. The predicted molar refractivity (Wildman–Crippen MR) is 92.3 cm³/mol. The second-order valence-electron chi connectivity index (χ2n) is 5.30. The summed E-state index contributed by atoms with van der Waals surface area (Å²) in [6.07, 6.45) is 0.569. The maximum Gasteiger partial charge on any atom is 0.119 e. The number of carboxylic acid groups (broad SMARTS) is 1. The monoisotopic (exact) mass is 338 g/mol. The number of hydrogen-bond acceptors (Lipinski definition) is 5. The van der Waals surface area contributed by atoms with E-state index in [1.54, 1.807) is 6.92 Å². The van der Waals surface area contributed by atoms with Gasteiger partial charge in [0, 0.05) is 6.42 Å². The molecule has 0 saturated carbocycles. The lowest BCUT2D eigenvalue weighted by molar-refractivity contribution is -0.254. The minimum atomic E-state index is -1.17. The summed E-state index contributed by atoms with van der Waals surface area (Å²) < 4.78 is 5.71. The number of rotatable bonds is 6. The van der Waals surface area contributed by atoms with Gasteiger partial charge in [-0.2, -0.15) is 0 Å². The van der Waals surface area contributed by atoms with Crippen LogP contribution in [0.4, 0.5) is 0 Å². The number of ether oxygens (including phenoxy) is 1. The number of carbonyl (C=O) groups excluding carboxylic acids is 1. The molecule has 0 aliphatic carbocycles. The number of hydrogen-bond donors (Lipinski definition) is 0. The van der Waals surface area contributed by atoms with Crippen LogP contribution in [-0.4, -0.2) is 17.6 Å². The Morgan fingerprint density at radius 1 is 1.08 bits per heavy atom. The highest BCUT2D eigenvalue weighted by Crippen LogP contribution is 2.22. The van der Waals surface area contributed by atoms with E-state index in [2.05, 4.69) is 17.1 Å². The van der Waals surface area contributed by atoms with Crippen LogP contribution >= 0.6 is 11.3 Å². The molecule has 3 aromatic rings. The van der Waals surface area contributed by atoms with Crippen LogP contribution in [0.2, 0.25) is 0 Å². The van der Waals surface area contributed by atoms with Gasteiger partial charge in [-0.15, -0.1) is 11.3 Å². The van der Waals surface area contributed by atoms with E-state index in [-0.39, 0.29) is 4.88 Å². The Morgan fingerprint density at radius 2 is 1.75 bits per heavy atom. The average molecular weight is 338 g/mol. The number of aromatic carboxylic acids is 1. The minimum Gasteiger partial charge on any atom is -0.544 e. The van der Waals surface area contributed by atoms with Crippen LogP contribution < -0.4 is 9.84 Å². The smallest absolute Gasteiger partial charge is 0.119 e. The van der Waals surface area contributed by atoms with Gasteiger partial charge in [-0.1, -0.05) is 42.5 Å². The number of aromatic nitrogens is 1. The van der Waals surface area contributed by atoms with Crippen molar-refractivity contribution in [1.29, 1.82) is 0 Å². The molecule has 3 rings (SSSR count). The number of nitrogens with zero attached hydrogens (tertiary/aromatic N) is 1. The molecule has 1 aromatic heterocycles. The van der Waals surface area contributed by atoms with Crippen molar-refractivity contribution in [1.82, 2.24) is 4.98 Å². The van der Waals surface area contributed by atoms with Gasteiger partial charge in [-0.3, -0.25) is 0 Å². The molecule has 0 bridgehead atoms. The molecule has 24 heavy (non-hydrogen) atoms. The normalized spacial score (nSPS) is 10.5. The van der Waals surface area contributed by atoms with Gasteiger partial charge in [0.05, 0.1) is 28.2 Å². The van der Waals surface area contributed by atoms with E-state index in [4.69, 9.17) is 4.74 Å². The first-order valence-electron chi connectivity index (χ1n) is 7.59. The fourth-order valence-corrected chi connectivity index (χ4v) is 3.26. The van der Waals surface area contributed by atoms with Crippen molar-refractivity contribution in [2.24, 2.45) is 0 Å². The molecule has 0 aliphatic rings. The van der Waals surface area contributed by atoms with E-state index in [1.165, 1.54) is 0 Å². The summed E-state index contributed by atoms with van der Waals surface area (Å²) in [5.74, 6) is -0.392. The number of carbonyl (C=O) groups is 1. The van der Waals surface area contributed by atoms with Gasteiger partial charge in [0.15, 0.2) is 0 Å². The molecule has 0 fully saturated rings. The van der Waals surface area contributed by atoms with Gasteiger partial charge in [0.2, 0.25) is 0 Å². The lowest BCUT2D eigenvalue weighted by Gasteiger charge is -2.06. The number of thiazole rings is 1. The van der Waals surface area contributed by atoms with Gasteiger partial charge in [-0.25, -0.2) is 4.98 Å². The van der Waals surface area contributed by atoms with Crippen LogP contribution in [0.25, 0.3) is 11.1 Å². The zero-order valence-corrected chi connectivity index (χ0v) is 14.0. The highest BCUT2D eigenvalue weighted by molar-refractivity contribution is 7.13. The number of aryl methyl sites for hydroxylation is 1. The Hall–Kier alpha value is -2.66. The van der Waals surface area contributed by atoms with Crippen molar-refractivity contribution in [3.05, 3.63) is 70.2 Å². The summed E-state index contributed by atoms with van der Waals surface area (Å²) in [5, 5.41) is 11.7. The van der Waals surface area contributed by atoms with Crippen LogP contribution in [0.5, 0.6) is 5.75 Å². The molecule has 2 aromatic carbocycles. The van der Waals surface area contributed by atoms with Crippen LogP contribution in [-0.2, 0) is 6.42 Å². The highest BCUT2D eigenvalue weighted by atomic mass is 32.1. The van der Waals surface area contributed by atoms with E-state index in [9.17, 15) is 9.90 Å². The Labute approximate surface area is 144 Å². The lowest BCUT2D eigenvalue weighted by atomic mass is 10.1. The van der Waals surface area contributed by atoms with Crippen molar-refractivity contribution in [3.63, 3.8) is 0 Å². The zero-order chi connectivity index (χ0) is 16.9. The molecule has 5 heteroatoms. The highest BCUT2D eigenvalue weighted by Gasteiger charge is 2.08. The van der Waals surface area contributed by atoms with E-state index in [1.807, 2.05) is 42.5 Å².